The van der Waals surface area contributed by atoms with Crippen LogP contribution in [0.15, 0.2) is 30.5 Å². The summed E-state index contributed by atoms with van der Waals surface area (Å²) in [6.07, 6.45) is 2.15. The highest BCUT2D eigenvalue weighted by Crippen LogP contribution is 2.11. The summed E-state index contributed by atoms with van der Waals surface area (Å²) in [5.74, 6) is 0. The maximum atomic E-state index is 3.35. The molecule has 0 amide bonds. The molecule has 0 aliphatic rings. The summed E-state index contributed by atoms with van der Waals surface area (Å²) in [6, 6.07) is 8.32. The molecule has 0 aliphatic heterocycles. The average molecular weight is 175 g/mol. The first-order valence-electron chi connectivity index (χ1n) is 4.57. The summed E-state index contributed by atoms with van der Waals surface area (Å²) < 4.78 is 2.14. The summed E-state index contributed by atoms with van der Waals surface area (Å²) >= 11 is 0. The molecule has 68 valence electrons. The quantitative estimate of drug-likeness (QED) is 0.592. The normalized spacial score (nSPS) is 12.2. The molecule has 1 aromatic carbocycles. The molecule has 0 spiro atoms. The van der Waals surface area contributed by atoms with Crippen LogP contribution in [0.4, 0.5) is 0 Å². The molecular weight excluding hydrogens is 160 g/mol. The van der Waals surface area contributed by atoms with Crippen LogP contribution in [0, 0.1) is 0 Å². The zero-order chi connectivity index (χ0) is 9.47. The van der Waals surface area contributed by atoms with Crippen LogP contribution in [0.2, 0.25) is 0 Å². The molecule has 1 heterocycles. The van der Waals surface area contributed by atoms with E-state index in [4.69, 9.17) is 0 Å². The van der Waals surface area contributed by atoms with Crippen LogP contribution in [-0.2, 0) is 5.54 Å². The number of hydrogen-bond donors (Lipinski definition) is 1. The van der Waals surface area contributed by atoms with Gasteiger partial charge in [0.1, 0.15) is 5.52 Å². The molecule has 0 saturated heterocycles. The lowest BCUT2D eigenvalue weighted by Gasteiger charge is -2.07. The van der Waals surface area contributed by atoms with Gasteiger partial charge in [-0.2, -0.15) is 5.10 Å². The molecule has 0 saturated carbocycles. The first-order valence-corrected chi connectivity index (χ1v) is 4.57. The lowest BCUT2D eigenvalue weighted by atomic mass is 10.1. The maximum Gasteiger partial charge on any atom is 0.203 e. The third-order valence-corrected chi connectivity index (χ3v) is 2.19. The van der Waals surface area contributed by atoms with Crippen molar-refractivity contribution in [3.8, 4) is 0 Å². The highest BCUT2D eigenvalue weighted by molar-refractivity contribution is 5.76. The van der Waals surface area contributed by atoms with E-state index in [0.29, 0.717) is 0 Å². The number of fused-ring (bicyclic) bond motifs is 1. The van der Waals surface area contributed by atoms with Crippen molar-refractivity contribution in [3.63, 3.8) is 0 Å². The van der Waals surface area contributed by atoms with E-state index in [1.807, 2.05) is 6.07 Å². The highest BCUT2D eigenvalue weighted by atomic mass is 15.3. The van der Waals surface area contributed by atoms with Crippen LogP contribution >= 0.6 is 0 Å². The van der Waals surface area contributed by atoms with Crippen molar-refractivity contribution in [1.29, 1.82) is 0 Å². The zero-order valence-electron chi connectivity index (χ0n) is 8.33. The molecule has 1 N–H and O–H groups in total. The SMILES string of the molecule is CC(C)(C)[n+]1cc2ccccc2[nH]1. The van der Waals surface area contributed by atoms with Gasteiger partial charge in [-0.3, -0.25) is 0 Å². The van der Waals surface area contributed by atoms with Crippen molar-refractivity contribution in [2.75, 3.05) is 0 Å². The van der Waals surface area contributed by atoms with E-state index in [-0.39, 0.29) is 5.54 Å². The molecule has 0 aliphatic carbocycles. The highest BCUT2D eigenvalue weighted by Gasteiger charge is 2.23. The maximum absolute atomic E-state index is 3.35. The van der Waals surface area contributed by atoms with E-state index in [1.54, 1.807) is 0 Å². The van der Waals surface area contributed by atoms with E-state index in [1.165, 1.54) is 10.9 Å². The van der Waals surface area contributed by atoms with Crippen LogP contribution in [0.3, 0.4) is 0 Å². The largest absolute Gasteiger partial charge is 0.203 e. The minimum Gasteiger partial charge on any atom is -0.165 e. The average Bonchev–Trinajstić information content (AvgIpc) is 2.45. The molecule has 0 bridgehead atoms. The van der Waals surface area contributed by atoms with E-state index < -0.39 is 0 Å². The second kappa shape index (κ2) is 2.59. The molecule has 1 aromatic heterocycles. The van der Waals surface area contributed by atoms with E-state index in [2.05, 4.69) is 54.9 Å². The minimum absolute atomic E-state index is 0.124. The van der Waals surface area contributed by atoms with E-state index >= 15 is 0 Å². The molecular formula is C11H15N2+. The minimum atomic E-state index is 0.124. The van der Waals surface area contributed by atoms with Crippen molar-refractivity contribution in [2.45, 2.75) is 26.3 Å². The number of nitrogens with one attached hydrogen (secondary N) is 1. The third-order valence-electron chi connectivity index (χ3n) is 2.19. The number of aromatic nitrogens is 2. The Hall–Kier alpha value is -1.31. The lowest BCUT2D eigenvalue weighted by Crippen LogP contribution is -2.51. The Balaban J connectivity index is 2.63. The zero-order valence-corrected chi connectivity index (χ0v) is 8.33. The van der Waals surface area contributed by atoms with Crippen molar-refractivity contribution in [2.24, 2.45) is 0 Å². The molecule has 2 rings (SSSR count). The molecule has 13 heavy (non-hydrogen) atoms. The summed E-state index contributed by atoms with van der Waals surface area (Å²) in [6.45, 7) is 6.55. The smallest absolute Gasteiger partial charge is 0.165 e. The van der Waals surface area contributed by atoms with Crippen LogP contribution in [0.5, 0.6) is 0 Å². The summed E-state index contributed by atoms with van der Waals surface area (Å²) in [5.41, 5.74) is 1.32. The molecule has 2 aromatic rings. The second-order valence-electron chi connectivity index (χ2n) is 4.37. The third kappa shape index (κ3) is 1.44. The van der Waals surface area contributed by atoms with Gasteiger partial charge in [-0.05, 0) is 12.1 Å². The molecule has 0 unspecified atom stereocenters. The Morgan fingerprint density at radius 1 is 1.15 bits per heavy atom. The van der Waals surface area contributed by atoms with Crippen LogP contribution in [-0.4, -0.2) is 5.10 Å². The molecule has 0 fully saturated rings. The Morgan fingerprint density at radius 2 is 1.85 bits per heavy atom. The molecule has 2 nitrogen and oxygen atoms in total. The molecule has 2 heteroatoms. The number of nitrogens with zero attached hydrogens (tertiary/aromatic N) is 1. The Bertz CT molecular complexity index is 388. The van der Waals surface area contributed by atoms with Crippen molar-refractivity contribution in [1.82, 2.24) is 5.10 Å². The number of aromatic amines is 1. The van der Waals surface area contributed by atoms with Gasteiger partial charge in [0, 0.05) is 20.8 Å². The van der Waals surface area contributed by atoms with Gasteiger partial charge in [0.25, 0.3) is 0 Å². The number of para-hydroxylation sites is 1. The number of H-pyrrole nitrogens is 1. The fourth-order valence-electron chi connectivity index (χ4n) is 1.37. The summed E-state index contributed by atoms with van der Waals surface area (Å²) in [4.78, 5) is 0. The lowest BCUT2D eigenvalue weighted by molar-refractivity contribution is -0.800. The summed E-state index contributed by atoms with van der Waals surface area (Å²) in [7, 11) is 0. The second-order valence-corrected chi connectivity index (χ2v) is 4.37. The van der Waals surface area contributed by atoms with Gasteiger partial charge in [-0.25, -0.2) is 0 Å². The number of hydrogen-bond acceptors (Lipinski definition) is 0. The van der Waals surface area contributed by atoms with Crippen molar-refractivity contribution >= 4 is 10.9 Å². The predicted octanol–water partition coefficient (Wildman–Crippen LogP) is 2.21. The van der Waals surface area contributed by atoms with Gasteiger partial charge in [0.2, 0.25) is 6.20 Å². The van der Waals surface area contributed by atoms with Gasteiger partial charge in [0.15, 0.2) is 5.54 Å². The topological polar surface area (TPSA) is 19.7 Å². The first-order chi connectivity index (χ1) is 6.07. The van der Waals surface area contributed by atoms with E-state index in [9.17, 15) is 0 Å². The van der Waals surface area contributed by atoms with Gasteiger partial charge >= 0.3 is 0 Å². The molecule has 0 atom stereocenters. The van der Waals surface area contributed by atoms with Crippen LogP contribution in [0.1, 0.15) is 20.8 Å². The van der Waals surface area contributed by atoms with Crippen molar-refractivity contribution < 1.29 is 4.68 Å². The van der Waals surface area contributed by atoms with Crippen molar-refractivity contribution in [3.05, 3.63) is 30.5 Å². The monoisotopic (exact) mass is 175 g/mol. The van der Waals surface area contributed by atoms with E-state index in [0.717, 1.165) is 0 Å². The Labute approximate surface area is 78.2 Å². The van der Waals surface area contributed by atoms with Gasteiger partial charge in [-0.1, -0.05) is 12.1 Å². The van der Waals surface area contributed by atoms with Crippen LogP contribution in [0.25, 0.3) is 10.9 Å². The number of rotatable bonds is 0. The number of benzene rings is 1. The first kappa shape index (κ1) is 8.30. The molecule has 0 radical (unpaired) electrons. The van der Waals surface area contributed by atoms with Gasteiger partial charge in [0.05, 0.1) is 5.39 Å². The van der Waals surface area contributed by atoms with Gasteiger partial charge in [-0.15, -0.1) is 4.68 Å². The summed E-state index contributed by atoms with van der Waals surface area (Å²) in [5, 5.41) is 4.61. The van der Waals surface area contributed by atoms with Crippen LogP contribution < -0.4 is 4.68 Å². The Kier molecular flexibility index (Phi) is 1.65. The fourth-order valence-corrected chi connectivity index (χ4v) is 1.37. The standard InChI is InChI=1S/C11H14N2/c1-11(2,3)13-8-9-6-4-5-7-10(9)12-13/h4-8H,1-3H3/p+1. The fraction of sp³-hybridized carbons (Fsp3) is 0.364. The predicted molar refractivity (Wildman–Crippen MR) is 53.5 cm³/mol. The van der Waals surface area contributed by atoms with Gasteiger partial charge < -0.3 is 0 Å². The Morgan fingerprint density at radius 3 is 2.46 bits per heavy atom.